The van der Waals surface area contributed by atoms with E-state index in [-0.39, 0.29) is 24.8 Å². The summed E-state index contributed by atoms with van der Waals surface area (Å²) in [5, 5.41) is 5.59. The van der Waals surface area contributed by atoms with Gasteiger partial charge >= 0.3 is 6.09 Å². The quantitative estimate of drug-likeness (QED) is 0.447. The summed E-state index contributed by atoms with van der Waals surface area (Å²) in [6, 6.07) is 5.00. The molecule has 0 radical (unpaired) electrons. The Bertz CT molecular complexity index is 933. The number of carbonyl (C=O) groups is 4. The zero-order chi connectivity index (χ0) is 27.8. The number of aryl methyl sites for hydroxylation is 1. The van der Waals surface area contributed by atoms with Gasteiger partial charge in [-0.2, -0.15) is 0 Å². The second kappa shape index (κ2) is 12.7. The van der Waals surface area contributed by atoms with Gasteiger partial charge in [-0.15, -0.1) is 0 Å². The van der Waals surface area contributed by atoms with Crippen molar-refractivity contribution in [2.24, 2.45) is 5.73 Å². The first kappa shape index (κ1) is 30.9. The largest absolute Gasteiger partial charge is 0.444 e. The lowest BCUT2D eigenvalue weighted by atomic mass is 9.96. The molecule has 3 atom stereocenters. The minimum absolute atomic E-state index is 0.0260. The topological polar surface area (TPSA) is 131 Å². The smallest absolute Gasteiger partial charge is 0.408 e. The Morgan fingerprint density at radius 1 is 1.08 bits per heavy atom. The summed E-state index contributed by atoms with van der Waals surface area (Å²) in [6.07, 6.45) is -0.377. The minimum atomic E-state index is -1.11. The fraction of sp³-hybridized carbons (Fsp3) is 0.630. The summed E-state index contributed by atoms with van der Waals surface area (Å²) in [5.41, 5.74) is 5.62. The summed E-state index contributed by atoms with van der Waals surface area (Å²) in [6.45, 7) is 16.4. The van der Waals surface area contributed by atoms with Crippen molar-refractivity contribution < 1.29 is 23.9 Å². The maximum atomic E-state index is 14.1. The lowest BCUT2D eigenvalue weighted by Gasteiger charge is -2.39. The third kappa shape index (κ3) is 10.3. The summed E-state index contributed by atoms with van der Waals surface area (Å²) in [7, 11) is 0. The first-order valence-corrected chi connectivity index (χ1v) is 12.4. The predicted octanol–water partition coefficient (Wildman–Crippen LogP) is 3.74. The van der Waals surface area contributed by atoms with Crippen molar-refractivity contribution >= 4 is 23.8 Å². The molecule has 36 heavy (non-hydrogen) atoms. The number of alkyl carbamates (subject to hydrolysis) is 1. The van der Waals surface area contributed by atoms with Crippen LogP contribution in [0.5, 0.6) is 0 Å². The number of ether oxygens (including phenoxy) is 1. The van der Waals surface area contributed by atoms with Crippen LogP contribution in [0.1, 0.15) is 91.8 Å². The van der Waals surface area contributed by atoms with Crippen LogP contribution >= 0.6 is 0 Å². The molecule has 202 valence electrons. The lowest BCUT2D eigenvalue weighted by molar-refractivity contribution is -0.146. The van der Waals surface area contributed by atoms with Crippen molar-refractivity contribution in [3.8, 4) is 0 Å². The van der Waals surface area contributed by atoms with Crippen molar-refractivity contribution in [3.63, 3.8) is 0 Å². The maximum Gasteiger partial charge on any atom is 0.408 e. The van der Waals surface area contributed by atoms with Crippen LogP contribution in [0.15, 0.2) is 24.3 Å². The molecule has 0 heterocycles. The number of carbonyl (C=O) groups excluding carboxylic acids is 4. The van der Waals surface area contributed by atoms with Crippen molar-refractivity contribution in [3.05, 3.63) is 35.4 Å². The number of benzene rings is 1. The van der Waals surface area contributed by atoms with Gasteiger partial charge in [-0.05, 0) is 73.8 Å². The summed E-state index contributed by atoms with van der Waals surface area (Å²) < 4.78 is 5.35. The Kier molecular flexibility index (Phi) is 10.9. The third-order valence-electron chi connectivity index (χ3n) is 5.37. The Morgan fingerprint density at radius 2 is 1.69 bits per heavy atom. The number of amides is 4. The highest BCUT2D eigenvalue weighted by atomic mass is 16.6. The second-order valence-electron chi connectivity index (χ2n) is 11.3. The molecule has 3 unspecified atom stereocenters. The fourth-order valence-electron chi connectivity index (χ4n) is 3.69. The van der Waals surface area contributed by atoms with Crippen LogP contribution in [0.2, 0.25) is 0 Å². The van der Waals surface area contributed by atoms with Gasteiger partial charge in [0.15, 0.2) is 0 Å². The monoisotopic (exact) mass is 504 g/mol. The van der Waals surface area contributed by atoms with Gasteiger partial charge in [0.1, 0.15) is 17.7 Å². The average Bonchev–Trinajstić information content (AvgIpc) is 2.71. The molecule has 0 aliphatic heterocycles. The van der Waals surface area contributed by atoms with E-state index in [4.69, 9.17) is 10.5 Å². The summed E-state index contributed by atoms with van der Waals surface area (Å²) in [5.74, 6) is -1.44. The van der Waals surface area contributed by atoms with Gasteiger partial charge in [0, 0.05) is 18.0 Å². The molecular weight excluding hydrogens is 460 g/mol. The van der Waals surface area contributed by atoms with Crippen LogP contribution in [0, 0.1) is 6.92 Å². The zero-order valence-corrected chi connectivity index (χ0v) is 23.2. The Labute approximate surface area is 215 Å². The number of hydrogen-bond donors (Lipinski definition) is 3. The Morgan fingerprint density at radius 3 is 2.17 bits per heavy atom. The van der Waals surface area contributed by atoms with E-state index in [0.717, 1.165) is 5.56 Å². The maximum absolute atomic E-state index is 14.1. The molecule has 0 aliphatic rings. The second-order valence-corrected chi connectivity index (χ2v) is 11.3. The number of nitrogens with two attached hydrogens (primary N) is 1. The number of nitrogens with one attached hydrogen (secondary N) is 2. The van der Waals surface area contributed by atoms with Crippen molar-refractivity contribution in [1.29, 1.82) is 0 Å². The average molecular weight is 505 g/mol. The minimum Gasteiger partial charge on any atom is -0.444 e. The summed E-state index contributed by atoms with van der Waals surface area (Å²) >= 11 is 0. The van der Waals surface area contributed by atoms with E-state index < -0.39 is 41.1 Å². The van der Waals surface area contributed by atoms with E-state index in [1.54, 1.807) is 20.8 Å². The Balaban J connectivity index is 3.57. The van der Waals surface area contributed by atoms with E-state index in [1.165, 1.54) is 4.90 Å². The zero-order valence-electron chi connectivity index (χ0n) is 23.2. The molecule has 0 spiro atoms. The molecule has 0 fully saturated rings. The number of primary amides is 1. The van der Waals surface area contributed by atoms with E-state index in [2.05, 4.69) is 10.6 Å². The molecule has 9 nitrogen and oxygen atoms in total. The van der Waals surface area contributed by atoms with E-state index >= 15 is 0 Å². The molecule has 1 aromatic rings. The Hall–Kier alpha value is -3.10. The van der Waals surface area contributed by atoms with E-state index in [0.29, 0.717) is 12.0 Å². The van der Waals surface area contributed by atoms with E-state index in [9.17, 15) is 19.2 Å². The van der Waals surface area contributed by atoms with Crippen LogP contribution in [0.4, 0.5) is 4.79 Å². The highest BCUT2D eigenvalue weighted by Crippen LogP contribution is 2.28. The highest BCUT2D eigenvalue weighted by molar-refractivity contribution is 5.93. The molecule has 9 heteroatoms. The number of hydrogen-bond acceptors (Lipinski definition) is 5. The molecule has 4 amide bonds. The molecule has 0 aliphatic carbocycles. The van der Waals surface area contributed by atoms with Gasteiger partial charge < -0.3 is 26.0 Å². The predicted molar refractivity (Wildman–Crippen MR) is 140 cm³/mol. The first-order valence-electron chi connectivity index (χ1n) is 12.4. The summed E-state index contributed by atoms with van der Waals surface area (Å²) in [4.78, 5) is 53.3. The van der Waals surface area contributed by atoms with Gasteiger partial charge in [0.05, 0.1) is 0 Å². The standard InChI is InChI=1S/C27H44N4O5/c1-10-18(3)31(22(23(33)30-26(4,5)6)19-13-11-12-17(2)16-19)24(34)20(14-15-21(28)32)29-25(35)36-27(7,8)9/h11-13,16,18,20,22H,10,14-15H2,1-9H3,(H2,28,32)(H,29,35)(H,30,33). The van der Waals surface area contributed by atoms with Crippen molar-refractivity contribution in [1.82, 2.24) is 15.5 Å². The van der Waals surface area contributed by atoms with Gasteiger partial charge in [-0.1, -0.05) is 36.8 Å². The van der Waals surface area contributed by atoms with E-state index in [1.807, 2.05) is 65.8 Å². The number of rotatable bonds is 10. The third-order valence-corrected chi connectivity index (χ3v) is 5.37. The van der Waals surface area contributed by atoms with Crippen LogP contribution in [-0.4, -0.2) is 51.9 Å². The molecular formula is C27H44N4O5. The van der Waals surface area contributed by atoms with Crippen LogP contribution in [0.25, 0.3) is 0 Å². The van der Waals surface area contributed by atoms with Crippen LogP contribution < -0.4 is 16.4 Å². The van der Waals surface area contributed by atoms with Gasteiger partial charge in [0.25, 0.3) is 0 Å². The lowest BCUT2D eigenvalue weighted by Crippen LogP contribution is -2.57. The molecule has 0 saturated carbocycles. The van der Waals surface area contributed by atoms with Crippen LogP contribution in [0.3, 0.4) is 0 Å². The SMILES string of the molecule is CCC(C)N(C(=O)C(CCC(N)=O)NC(=O)OC(C)(C)C)C(C(=O)NC(C)(C)C)c1cccc(C)c1. The van der Waals surface area contributed by atoms with Gasteiger partial charge in [-0.25, -0.2) is 4.79 Å². The van der Waals surface area contributed by atoms with Gasteiger partial charge in [0.2, 0.25) is 17.7 Å². The number of nitrogens with zero attached hydrogens (tertiary/aromatic N) is 1. The molecule has 0 saturated heterocycles. The van der Waals surface area contributed by atoms with Crippen LogP contribution in [-0.2, 0) is 19.1 Å². The molecule has 0 aromatic heterocycles. The van der Waals surface area contributed by atoms with Gasteiger partial charge in [-0.3, -0.25) is 14.4 Å². The molecule has 0 bridgehead atoms. The first-order chi connectivity index (χ1) is 16.4. The molecule has 1 rings (SSSR count). The fourth-order valence-corrected chi connectivity index (χ4v) is 3.69. The normalized spacial score (nSPS) is 14.2. The molecule has 1 aromatic carbocycles. The molecule has 4 N–H and O–H groups in total. The van der Waals surface area contributed by atoms with Crippen molar-refractivity contribution in [2.45, 2.75) is 111 Å². The van der Waals surface area contributed by atoms with Crippen molar-refractivity contribution in [2.75, 3.05) is 0 Å². The highest BCUT2D eigenvalue weighted by Gasteiger charge is 2.39.